The summed E-state index contributed by atoms with van der Waals surface area (Å²) in [5, 5.41) is 2.45. The van der Waals surface area contributed by atoms with Gasteiger partial charge in [0.15, 0.2) is 0 Å². The number of amides is 2. The largest absolute Gasteiger partial charge is 0.358 e. The molecular weight excluding hydrogens is 232 g/mol. The maximum atomic E-state index is 11.9. The summed E-state index contributed by atoms with van der Waals surface area (Å²) in [6.07, 6.45) is 0. The van der Waals surface area contributed by atoms with Gasteiger partial charge in [0, 0.05) is 7.05 Å². The van der Waals surface area contributed by atoms with Crippen LogP contribution in [0.3, 0.4) is 0 Å². The first-order chi connectivity index (χ1) is 8.47. The molecule has 2 rings (SSSR count). The summed E-state index contributed by atoms with van der Waals surface area (Å²) in [5.41, 5.74) is 2.56. The second-order valence-electron chi connectivity index (χ2n) is 4.32. The lowest BCUT2D eigenvalue weighted by atomic mass is 10.0. The smallest absolute Gasteiger partial charge is 0.299 e. The summed E-state index contributed by atoms with van der Waals surface area (Å²) in [6, 6.07) is 3.65. The number of carbonyl (C=O) groups is 3. The van der Waals surface area contributed by atoms with E-state index >= 15 is 0 Å². The lowest BCUT2D eigenvalue weighted by Crippen LogP contribution is -2.39. The third kappa shape index (κ3) is 1.68. The van der Waals surface area contributed by atoms with Crippen LogP contribution >= 0.6 is 0 Å². The van der Waals surface area contributed by atoms with E-state index in [1.165, 1.54) is 11.9 Å². The number of aryl methyl sites for hydroxylation is 2. The fourth-order valence-electron chi connectivity index (χ4n) is 2.14. The van der Waals surface area contributed by atoms with Crippen LogP contribution in [0.5, 0.6) is 0 Å². The maximum Gasteiger partial charge on any atom is 0.299 e. The number of likely N-dealkylation sites (N-methyl/N-ethyl adjacent to an activating group) is 1. The van der Waals surface area contributed by atoms with Crippen molar-refractivity contribution in [3.63, 3.8) is 0 Å². The minimum atomic E-state index is -0.633. The number of carbonyl (C=O) groups excluding carboxylic acids is 3. The minimum absolute atomic E-state index is 0.127. The van der Waals surface area contributed by atoms with E-state index in [4.69, 9.17) is 0 Å². The summed E-state index contributed by atoms with van der Waals surface area (Å²) in [6.45, 7) is 3.48. The van der Waals surface area contributed by atoms with Gasteiger partial charge in [0.2, 0.25) is 5.91 Å². The number of ketones is 1. The molecule has 0 atom stereocenters. The van der Waals surface area contributed by atoms with Gasteiger partial charge in [-0.05, 0) is 25.0 Å². The molecule has 0 saturated carbocycles. The molecule has 0 aromatic heterocycles. The van der Waals surface area contributed by atoms with Crippen molar-refractivity contribution in [1.29, 1.82) is 0 Å². The SMILES string of the molecule is CNC(=O)CN1C(=O)C(=O)c2c(C)ccc(C)c21. The Hall–Kier alpha value is -2.17. The zero-order chi connectivity index (χ0) is 13.4. The molecule has 2 amide bonds. The molecule has 1 aliphatic heterocycles. The van der Waals surface area contributed by atoms with Gasteiger partial charge in [0.05, 0.1) is 11.3 Å². The molecule has 1 heterocycles. The Morgan fingerprint density at radius 2 is 1.83 bits per heavy atom. The Morgan fingerprint density at radius 3 is 2.44 bits per heavy atom. The summed E-state index contributed by atoms with van der Waals surface area (Å²) in [4.78, 5) is 36.5. The van der Waals surface area contributed by atoms with Crippen molar-refractivity contribution < 1.29 is 14.4 Å². The van der Waals surface area contributed by atoms with Crippen LogP contribution in [-0.2, 0) is 9.59 Å². The molecule has 0 saturated heterocycles. The molecule has 5 heteroatoms. The predicted molar refractivity (Wildman–Crippen MR) is 66.7 cm³/mol. The quantitative estimate of drug-likeness (QED) is 0.776. The molecule has 0 aliphatic carbocycles. The number of Topliss-reactive ketones (excluding diaryl/α,β-unsaturated/α-hetero) is 1. The second-order valence-corrected chi connectivity index (χ2v) is 4.32. The van der Waals surface area contributed by atoms with E-state index in [0.29, 0.717) is 11.3 Å². The van der Waals surface area contributed by atoms with Gasteiger partial charge < -0.3 is 5.32 Å². The van der Waals surface area contributed by atoms with Gasteiger partial charge in [-0.3, -0.25) is 19.3 Å². The Bertz CT molecular complexity index is 564. The van der Waals surface area contributed by atoms with Gasteiger partial charge in [-0.15, -0.1) is 0 Å². The van der Waals surface area contributed by atoms with E-state index in [2.05, 4.69) is 5.32 Å². The van der Waals surface area contributed by atoms with Crippen molar-refractivity contribution in [1.82, 2.24) is 5.32 Å². The number of fused-ring (bicyclic) bond motifs is 1. The summed E-state index contributed by atoms with van der Waals surface area (Å²) in [5.74, 6) is -1.47. The maximum absolute atomic E-state index is 11.9. The normalized spacial score (nSPS) is 13.8. The number of nitrogens with zero attached hydrogens (tertiary/aromatic N) is 1. The number of hydrogen-bond donors (Lipinski definition) is 1. The van der Waals surface area contributed by atoms with Crippen LogP contribution in [-0.4, -0.2) is 31.2 Å². The lowest BCUT2D eigenvalue weighted by molar-refractivity contribution is -0.121. The summed E-state index contributed by atoms with van der Waals surface area (Å²) in [7, 11) is 1.49. The van der Waals surface area contributed by atoms with Gasteiger partial charge >= 0.3 is 0 Å². The van der Waals surface area contributed by atoms with Gasteiger partial charge in [0.1, 0.15) is 6.54 Å². The van der Waals surface area contributed by atoms with E-state index in [0.717, 1.165) is 11.1 Å². The standard InChI is InChI=1S/C13H14N2O3/c1-7-4-5-8(2)11-10(7)12(17)13(18)15(11)6-9(16)14-3/h4-5H,6H2,1-3H3,(H,14,16). The lowest BCUT2D eigenvalue weighted by Gasteiger charge is -2.17. The van der Waals surface area contributed by atoms with Crippen molar-refractivity contribution in [3.05, 3.63) is 28.8 Å². The highest BCUT2D eigenvalue weighted by molar-refractivity contribution is 6.53. The van der Waals surface area contributed by atoms with E-state index in [9.17, 15) is 14.4 Å². The molecule has 18 heavy (non-hydrogen) atoms. The van der Waals surface area contributed by atoms with Gasteiger partial charge in [-0.25, -0.2) is 0 Å². The Kier molecular flexibility index (Phi) is 2.90. The number of rotatable bonds is 2. The number of anilines is 1. The molecule has 0 spiro atoms. The highest BCUT2D eigenvalue weighted by Crippen LogP contribution is 2.34. The van der Waals surface area contributed by atoms with Crippen molar-refractivity contribution in [3.8, 4) is 0 Å². The number of hydrogen-bond acceptors (Lipinski definition) is 3. The summed E-state index contributed by atoms with van der Waals surface area (Å²) < 4.78 is 0. The average molecular weight is 246 g/mol. The van der Waals surface area contributed by atoms with Gasteiger partial charge in [-0.1, -0.05) is 12.1 Å². The zero-order valence-corrected chi connectivity index (χ0v) is 10.5. The fraction of sp³-hybridized carbons (Fsp3) is 0.308. The molecule has 1 aromatic carbocycles. The first-order valence-electron chi connectivity index (χ1n) is 5.64. The van der Waals surface area contributed by atoms with Crippen LogP contribution in [0.2, 0.25) is 0 Å². The Morgan fingerprint density at radius 1 is 1.22 bits per heavy atom. The van der Waals surface area contributed by atoms with Crippen LogP contribution in [0.15, 0.2) is 12.1 Å². The second kappa shape index (κ2) is 4.25. The van der Waals surface area contributed by atoms with Crippen molar-refractivity contribution in [2.75, 3.05) is 18.5 Å². The van der Waals surface area contributed by atoms with Gasteiger partial charge in [0.25, 0.3) is 11.7 Å². The third-order valence-corrected chi connectivity index (χ3v) is 3.10. The van der Waals surface area contributed by atoms with Crippen LogP contribution in [0, 0.1) is 13.8 Å². The highest BCUT2D eigenvalue weighted by Gasteiger charge is 2.38. The molecule has 94 valence electrons. The van der Waals surface area contributed by atoms with Crippen LogP contribution in [0.25, 0.3) is 0 Å². The number of nitrogens with one attached hydrogen (secondary N) is 1. The third-order valence-electron chi connectivity index (χ3n) is 3.10. The molecule has 1 N–H and O–H groups in total. The Labute approximate surface area is 105 Å². The molecule has 0 radical (unpaired) electrons. The van der Waals surface area contributed by atoms with E-state index < -0.39 is 11.7 Å². The van der Waals surface area contributed by atoms with Crippen LogP contribution < -0.4 is 10.2 Å². The van der Waals surface area contributed by atoms with E-state index in [1.807, 2.05) is 19.1 Å². The van der Waals surface area contributed by atoms with Crippen molar-refractivity contribution >= 4 is 23.3 Å². The van der Waals surface area contributed by atoms with Crippen molar-refractivity contribution in [2.45, 2.75) is 13.8 Å². The molecule has 0 bridgehead atoms. The van der Waals surface area contributed by atoms with Crippen LogP contribution in [0.4, 0.5) is 5.69 Å². The Balaban J connectivity index is 2.55. The minimum Gasteiger partial charge on any atom is -0.358 e. The van der Waals surface area contributed by atoms with Crippen molar-refractivity contribution in [2.24, 2.45) is 0 Å². The molecule has 0 fully saturated rings. The molecule has 1 aliphatic rings. The van der Waals surface area contributed by atoms with Gasteiger partial charge in [-0.2, -0.15) is 0 Å². The molecule has 5 nitrogen and oxygen atoms in total. The van der Waals surface area contributed by atoms with E-state index in [1.54, 1.807) is 6.92 Å². The molecule has 0 unspecified atom stereocenters. The molecular formula is C13H14N2O3. The monoisotopic (exact) mass is 246 g/mol. The first kappa shape index (κ1) is 12.3. The number of benzene rings is 1. The van der Waals surface area contributed by atoms with E-state index in [-0.39, 0.29) is 12.5 Å². The average Bonchev–Trinajstić information content (AvgIpc) is 2.60. The summed E-state index contributed by atoms with van der Waals surface area (Å²) >= 11 is 0. The topological polar surface area (TPSA) is 66.5 Å². The molecule has 1 aromatic rings. The zero-order valence-electron chi connectivity index (χ0n) is 10.5. The fourth-order valence-corrected chi connectivity index (χ4v) is 2.14. The predicted octanol–water partition coefficient (Wildman–Crippen LogP) is 0.579. The van der Waals surface area contributed by atoms with Crippen LogP contribution in [0.1, 0.15) is 21.5 Å². The highest BCUT2D eigenvalue weighted by atomic mass is 16.2. The first-order valence-corrected chi connectivity index (χ1v) is 5.64.